The van der Waals surface area contributed by atoms with Gasteiger partial charge in [0.1, 0.15) is 0 Å². The Morgan fingerprint density at radius 3 is 2.20 bits per heavy atom. The maximum atomic E-state index is 6.46. The molecule has 0 aromatic carbocycles. The largest absolute Gasteiger partial charge is 0.381 e. The van der Waals surface area contributed by atoms with E-state index in [0.29, 0.717) is 5.41 Å². The highest BCUT2D eigenvalue weighted by Gasteiger charge is 2.39. The second-order valence-corrected chi connectivity index (χ2v) is 8.59. The average molecular weight is 394 g/mol. The van der Waals surface area contributed by atoms with E-state index in [0.717, 1.165) is 36.1 Å². The van der Waals surface area contributed by atoms with E-state index in [2.05, 4.69) is 43.4 Å². The molecule has 1 aliphatic carbocycles. The molecule has 1 saturated heterocycles. The van der Waals surface area contributed by atoms with E-state index < -0.39 is 0 Å². The molecule has 1 saturated carbocycles. The predicted molar refractivity (Wildman–Crippen MR) is 92.5 cm³/mol. The molecule has 0 radical (unpaired) electrons. The van der Waals surface area contributed by atoms with Gasteiger partial charge in [0, 0.05) is 17.6 Å². The highest BCUT2D eigenvalue weighted by molar-refractivity contribution is 14.1. The maximum absolute atomic E-state index is 6.46. The van der Waals surface area contributed by atoms with E-state index in [4.69, 9.17) is 9.47 Å². The van der Waals surface area contributed by atoms with Gasteiger partial charge in [-0.3, -0.25) is 0 Å². The maximum Gasteiger partial charge on any atom is 0.0771 e. The van der Waals surface area contributed by atoms with Crippen molar-refractivity contribution in [3.63, 3.8) is 0 Å². The molecule has 0 amide bonds. The number of rotatable bonds is 4. The lowest BCUT2D eigenvalue weighted by Gasteiger charge is -2.44. The van der Waals surface area contributed by atoms with Crippen LogP contribution in [0.2, 0.25) is 0 Å². The molecule has 2 rings (SSSR count). The molecule has 20 heavy (non-hydrogen) atoms. The minimum Gasteiger partial charge on any atom is -0.381 e. The Hall–Kier alpha value is 0.650. The summed E-state index contributed by atoms with van der Waals surface area (Å²) in [7, 11) is 0. The fraction of sp³-hybridized carbons (Fsp3) is 1.00. The lowest BCUT2D eigenvalue weighted by molar-refractivity contribution is -0.0910. The molecule has 0 spiro atoms. The van der Waals surface area contributed by atoms with E-state index in [1.807, 2.05) is 0 Å². The quantitative estimate of drug-likeness (QED) is 0.502. The van der Waals surface area contributed by atoms with E-state index in [9.17, 15) is 0 Å². The van der Waals surface area contributed by atoms with Gasteiger partial charge in [-0.25, -0.2) is 0 Å². The Bertz CT molecular complexity index is 284. The van der Waals surface area contributed by atoms with Crippen molar-refractivity contribution in [3.05, 3.63) is 0 Å². The molecule has 2 nitrogen and oxygen atoms in total. The molecule has 0 N–H and O–H groups in total. The zero-order chi connectivity index (χ0) is 14.6. The summed E-state index contributed by atoms with van der Waals surface area (Å²) in [4.78, 5) is 0. The SMILES string of the molecule is CC(C)(C)C1CCC(CI)(OCC2CCOCC2)CC1. The van der Waals surface area contributed by atoms with Gasteiger partial charge in [0.25, 0.3) is 0 Å². The minimum atomic E-state index is 0.167. The van der Waals surface area contributed by atoms with Crippen molar-refractivity contribution in [3.8, 4) is 0 Å². The first-order valence-corrected chi connectivity index (χ1v) is 9.75. The smallest absolute Gasteiger partial charge is 0.0771 e. The summed E-state index contributed by atoms with van der Waals surface area (Å²) in [6.07, 6.45) is 7.53. The monoisotopic (exact) mass is 394 g/mol. The number of alkyl halides is 1. The van der Waals surface area contributed by atoms with Crippen molar-refractivity contribution in [1.82, 2.24) is 0 Å². The Kier molecular flexibility index (Phi) is 6.19. The Morgan fingerprint density at radius 1 is 1.10 bits per heavy atom. The van der Waals surface area contributed by atoms with Gasteiger partial charge in [0.2, 0.25) is 0 Å². The summed E-state index contributed by atoms with van der Waals surface area (Å²) < 4.78 is 13.0. The molecule has 1 aliphatic heterocycles. The fourth-order valence-electron chi connectivity index (χ4n) is 3.53. The third-order valence-corrected chi connectivity index (χ3v) is 6.72. The third kappa shape index (κ3) is 4.57. The van der Waals surface area contributed by atoms with Gasteiger partial charge in [-0.05, 0) is 55.8 Å². The van der Waals surface area contributed by atoms with Gasteiger partial charge in [0.15, 0.2) is 0 Å². The van der Waals surface area contributed by atoms with Gasteiger partial charge in [-0.15, -0.1) is 0 Å². The van der Waals surface area contributed by atoms with Crippen LogP contribution in [0, 0.1) is 17.3 Å². The second kappa shape index (κ2) is 7.28. The second-order valence-electron chi connectivity index (χ2n) is 7.82. The zero-order valence-corrected chi connectivity index (χ0v) is 15.6. The summed E-state index contributed by atoms with van der Waals surface area (Å²) in [5.74, 6) is 1.59. The van der Waals surface area contributed by atoms with Gasteiger partial charge in [-0.2, -0.15) is 0 Å². The van der Waals surface area contributed by atoms with E-state index in [-0.39, 0.29) is 5.60 Å². The summed E-state index contributed by atoms with van der Waals surface area (Å²) in [5, 5.41) is 0. The number of hydrogen-bond acceptors (Lipinski definition) is 2. The van der Waals surface area contributed by atoms with Crippen molar-refractivity contribution in [2.45, 2.75) is 64.9 Å². The molecule has 118 valence electrons. The van der Waals surface area contributed by atoms with Crippen molar-refractivity contribution in [2.75, 3.05) is 24.2 Å². The fourth-order valence-corrected chi connectivity index (χ4v) is 4.52. The van der Waals surface area contributed by atoms with Gasteiger partial charge < -0.3 is 9.47 Å². The van der Waals surface area contributed by atoms with Crippen LogP contribution in [0.25, 0.3) is 0 Å². The van der Waals surface area contributed by atoms with Crippen molar-refractivity contribution >= 4 is 22.6 Å². The molecule has 1 heterocycles. The van der Waals surface area contributed by atoms with E-state index in [1.54, 1.807) is 0 Å². The van der Waals surface area contributed by atoms with Gasteiger partial charge >= 0.3 is 0 Å². The number of hydrogen-bond donors (Lipinski definition) is 0. The van der Waals surface area contributed by atoms with Crippen LogP contribution in [0.15, 0.2) is 0 Å². The van der Waals surface area contributed by atoms with Crippen LogP contribution in [-0.2, 0) is 9.47 Å². The molecule has 0 unspecified atom stereocenters. The molecular formula is C17H31IO2. The van der Waals surface area contributed by atoms with Crippen LogP contribution in [0.3, 0.4) is 0 Å². The Morgan fingerprint density at radius 2 is 1.70 bits per heavy atom. The first-order valence-electron chi connectivity index (χ1n) is 8.23. The van der Waals surface area contributed by atoms with Crippen LogP contribution < -0.4 is 0 Å². The molecule has 0 bridgehead atoms. The van der Waals surface area contributed by atoms with Gasteiger partial charge in [0.05, 0.1) is 12.2 Å². The summed E-state index contributed by atoms with van der Waals surface area (Å²) in [5.41, 5.74) is 0.624. The highest BCUT2D eigenvalue weighted by atomic mass is 127. The van der Waals surface area contributed by atoms with Crippen molar-refractivity contribution in [2.24, 2.45) is 17.3 Å². The summed E-state index contributed by atoms with van der Waals surface area (Å²) in [6.45, 7) is 9.97. The standard InChI is InChI=1S/C17H31IO2/c1-16(2,3)15-4-8-17(13-18,9-5-15)20-12-14-6-10-19-11-7-14/h14-15H,4-13H2,1-3H3. The first kappa shape index (κ1) is 17.0. The summed E-state index contributed by atoms with van der Waals surface area (Å²) >= 11 is 2.53. The van der Waals surface area contributed by atoms with E-state index >= 15 is 0 Å². The van der Waals surface area contributed by atoms with Crippen molar-refractivity contribution in [1.29, 1.82) is 0 Å². The molecule has 0 atom stereocenters. The minimum absolute atomic E-state index is 0.167. The van der Waals surface area contributed by atoms with Crippen LogP contribution in [-0.4, -0.2) is 29.8 Å². The highest BCUT2D eigenvalue weighted by Crippen LogP contribution is 2.43. The van der Waals surface area contributed by atoms with Crippen LogP contribution in [0.5, 0.6) is 0 Å². The molecular weight excluding hydrogens is 363 g/mol. The third-order valence-electron chi connectivity index (χ3n) is 5.33. The van der Waals surface area contributed by atoms with E-state index in [1.165, 1.54) is 38.5 Å². The van der Waals surface area contributed by atoms with Crippen LogP contribution in [0.4, 0.5) is 0 Å². The summed E-state index contributed by atoms with van der Waals surface area (Å²) in [6, 6.07) is 0. The predicted octanol–water partition coefficient (Wildman–Crippen LogP) is 4.84. The Balaban J connectivity index is 1.82. The van der Waals surface area contributed by atoms with Crippen molar-refractivity contribution < 1.29 is 9.47 Å². The number of halogens is 1. The first-order chi connectivity index (χ1) is 9.45. The Labute approximate surface area is 138 Å². The molecule has 2 fully saturated rings. The molecule has 3 heteroatoms. The lowest BCUT2D eigenvalue weighted by atomic mass is 9.69. The molecule has 2 aliphatic rings. The lowest BCUT2D eigenvalue weighted by Crippen LogP contribution is -2.42. The topological polar surface area (TPSA) is 18.5 Å². The number of ether oxygens (including phenoxy) is 2. The van der Waals surface area contributed by atoms with Gasteiger partial charge in [-0.1, -0.05) is 43.4 Å². The normalized spacial score (nSPS) is 33.3. The average Bonchev–Trinajstić information content (AvgIpc) is 2.46. The van der Waals surface area contributed by atoms with Crippen LogP contribution >= 0.6 is 22.6 Å². The molecule has 0 aromatic rings. The zero-order valence-electron chi connectivity index (χ0n) is 13.4. The molecule has 0 aromatic heterocycles. The van der Waals surface area contributed by atoms with Crippen LogP contribution in [0.1, 0.15) is 59.3 Å².